The van der Waals surface area contributed by atoms with Gasteiger partial charge in [-0.05, 0) is 93.8 Å². The third-order valence-corrected chi connectivity index (χ3v) is 5.59. The van der Waals surface area contributed by atoms with E-state index in [1.807, 2.05) is 51.1 Å². The zero-order chi connectivity index (χ0) is 21.7. The lowest BCUT2D eigenvalue weighted by Gasteiger charge is -2.29. The van der Waals surface area contributed by atoms with Gasteiger partial charge in [-0.1, -0.05) is 12.1 Å². The van der Waals surface area contributed by atoms with Crippen molar-refractivity contribution >= 4 is 22.6 Å². The number of fused-ring (bicyclic) bond motifs is 1. The van der Waals surface area contributed by atoms with E-state index in [1.165, 1.54) is 0 Å². The van der Waals surface area contributed by atoms with E-state index in [4.69, 9.17) is 10.00 Å². The summed E-state index contributed by atoms with van der Waals surface area (Å²) < 4.78 is 5.38. The largest absolute Gasteiger partial charge is 0.460 e. The predicted molar refractivity (Wildman–Crippen MR) is 117 cm³/mol. The number of nitriles is 1. The number of hydrogen-bond acceptors (Lipinski definition) is 4. The van der Waals surface area contributed by atoms with Crippen LogP contribution in [0.5, 0.6) is 0 Å². The Labute approximate surface area is 178 Å². The standard InChI is InChI=1S/C25H30N2O3/c1-25(2,3)30-23(28)13-7-17-5-11-22(12-6-17)27-24(29)21-10-9-19-14-18(16-26)4-8-20(19)15-21/h4,8-10,14-15,17,22H,5-7,11-13H2,1-3H3,(H,27,29). The average Bonchev–Trinajstić information content (AvgIpc) is 2.71. The quantitative estimate of drug-likeness (QED) is 0.699. The second-order valence-electron chi connectivity index (χ2n) is 9.20. The van der Waals surface area contributed by atoms with Crippen LogP contribution in [0.1, 0.15) is 75.2 Å². The van der Waals surface area contributed by atoms with Crippen molar-refractivity contribution in [2.45, 2.75) is 70.9 Å². The van der Waals surface area contributed by atoms with E-state index in [0.717, 1.165) is 42.9 Å². The number of amides is 1. The van der Waals surface area contributed by atoms with Gasteiger partial charge in [0.05, 0.1) is 11.6 Å². The van der Waals surface area contributed by atoms with Crippen LogP contribution in [0.4, 0.5) is 0 Å². The molecule has 1 amide bonds. The van der Waals surface area contributed by atoms with Crippen LogP contribution < -0.4 is 5.32 Å². The summed E-state index contributed by atoms with van der Waals surface area (Å²) >= 11 is 0. The molecule has 1 aliphatic rings. The van der Waals surface area contributed by atoms with Crippen LogP contribution in [-0.4, -0.2) is 23.5 Å². The second kappa shape index (κ2) is 9.30. The molecule has 0 saturated heterocycles. The number of nitrogens with zero attached hydrogens (tertiary/aromatic N) is 1. The van der Waals surface area contributed by atoms with Crippen LogP contribution in [0.2, 0.25) is 0 Å². The zero-order valence-corrected chi connectivity index (χ0v) is 18.0. The van der Waals surface area contributed by atoms with E-state index in [0.29, 0.717) is 23.5 Å². The molecule has 0 radical (unpaired) electrons. The third-order valence-electron chi connectivity index (χ3n) is 5.59. The van der Waals surface area contributed by atoms with Crippen molar-refractivity contribution in [2.24, 2.45) is 5.92 Å². The fraction of sp³-hybridized carbons (Fsp3) is 0.480. The first-order valence-electron chi connectivity index (χ1n) is 10.7. The molecular weight excluding hydrogens is 376 g/mol. The van der Waals surface area contributed by atoms with Crippen molar-refractivity contribution in [3.8, 4) is 6.07 Å². The van der Waals surface area contributed by atoms with Gasteiger partial charge in [-0.2, -0.15) is 5.26 Å². The molecule has 30 heavy (non-hydrogen) atoms. The Balaban J connectivity index is 1.48. The van der Waals surface area contributed by atoms with Crippen molar-refractivity contribution in [3.63, 3.8) is 0 Å². The first-order chi connectivity index (χ1) is 14.2. The Morgan fingerprint density at radius 2 is 1.73 bits per heavy atom. The summed E-state index contributed by atoms with van der Waals surface area (Å²) in [7, 11) is 0. The van der Waals surface area contributed by atoms with Crippen LogP contribution in [0.15, 0.2) is 36.4 Å². The topological polar surface area (TPSA) is 79.2 Å². The Kier molecular flexibility index (Phi) is 6.77. The maximum Gasteiger partial charge on any atom is 0.306 e. The third kappa shape index (κ3) is 6.06. The minimum atomic E-state index is -0.431. The van der Waals surface area contributed by atoms with E-state index in [9.17, 15) is 9.59 Å². The highest BCUT2D eigenvalue weighted by Crippen LogP contribution is 2.28. The van der Waals surface area contributed by atoms with E-state index in [-0.39, 0.29) is 17.9 Å². The molecular formula is C25H30N2O3. The van der Waals surface area contributed by atoms with Crippen molar-refractivity contribution in [1.82, 2.24) is 5.32 Å². The number of benzene rings is 2. The summed E-state index contributed by atoms with van der Waals surface area (Å²) in [5.41, 5.74) is 0.821. The number of hydrogen-bond donors (Lipinski definition) is 1. The Hall–Kier alpha value is -2.87. The van der Waals surface area contributed by atoms with Gasteiger partial charge in [0.2, 0.25) is 0 Å². The normalized spacial score (nSPS) is 19.1. The highest BCUT2D eigenvalue weighted by atomic mass is 16.6. The van der Waals surface area contributed by atoms with Gasteiger partial charge >= 0.3 is 5.97 Å². The van der Waals surface area contributed by atoms with Crippen LogP contribution in [0, 0.1) is 17.2 Å². The molecule has 0 aromatic heterocycles. The lowest BCUT2D eigenvalue weighted by Crippen LogP contribution is -2.37. The van der Waals surface area contributed by atoms with Gasteiger partial charge in [0.25, 0.3) is 5.91 Å². The molecule has 0 atom stereocenters. The lowest BCUT2D eigenvalue weighted by atomic mass is 9.83. The number of rotatable bonds is 5. The fourth-order valence-electron chi connectivity index (χ4n) is 4.04. The summed E-state index contributed by atoms with van der Waals surface area (Å²) in [5.74, 6) is 0.329. The maximum absolute atomic E-state index is 12.7. The molecule has 1 fully saturated rings. The SMILES string of the molecule is CC(C)(C)OC(=O)CCC1CCC(NC(=O)c2ccc3cc(C#N)ccc3c2)CC1. The van der Waals surface area contributed by atoms with Crippen molar-refractivity contribution in [2.75, 3.05) is 0 Å². The molecule has 0 aliphatic heterocycles. The van der Waals surface area contributed by atoms with Gasteiger partial charge in [0.1, 0.15) is 5.60 Å². The molecule has 0 heterocycles. The van der Waals surface area contributed by atoms with E-state index >= 15 is 0 Å². The maximum atomic E-state index is 12.7. The van der Waals surface area contributed by atoms with Gasteiger partial charge in [-0.25, -0.2) is 0 Å². The molecule has 1 aliphatic carbocycles. The number of carbonyl (C=O) groups is 2. The zero-order valence-electron chi connectivity index (χ0n) is 18.0. The predicted octanol–water partition coefficient (Wildman–Crippen LogP) is 5.12. The van der Waals surface area contributed by atoms with Gasteiger partial charge in [-0.3, -0.25) is 9.59 Å². The minimum Gasteiger partial charge on any atom is -0.460 e. The van der Waals surface area contributed by atoms with Crippen LogP contribution in [0.3, 0.4) is 0 Å². The van der Waals surface area contributed by atoms with Gasteiger partial charge in [-0.15, -0.1) is 0 Å². The van der Waals surface area contributed by atoms with E-state index in [2.05, 4.69) is 11.4 Å². The number of nitrogens with one attached hydrogen (secondary N) is 1. The van der Waals surface area contributed by atoms with Gasteiger partial charge in [0.15, 0.2) is 0 Å². The molecule has 1 saturated carbocycles. The molecule has 5 nitrogen and oxygen atoms in total. The molecule has 1 N–H and O–H groups in total. The van der Waals surface area contributed by atoms with Crippen molar-refractivity contribution in [3.05, 3.63) is 47.5 Å². The Morgan fingerprint density at radius 1 is 1.07 bits per heavy atom. The summed E-state index contributed by atoms with van der Waals surface area (Å²) in [5, 5.41) is 14.1. The smallest absolute Gasteiger partial charge is 0.306 e. The summed E-state index contributed by atoms with van der Waals surface area (Å²) in [4.78, 5) is 24.6. The van der Waals surface area contributed by atoms with Crippen LogP contribution in [-0.2, 0) is 9.53 Å². The molecule has 5 heteroatoms. The monoisotopic (exact) mass is 406 g/mol. The number of carbonyl (C=O) groups excluding carboxylic acids is 2. The molecule has 0 unspecified atom stereocenters. The minimum absolute atomic E-state index is 0.0570. The molecule has 2 aromatic rings. The second-order valence-corrected chi connectivity index (χ2v) is 9.20. The highest BCUT2D eigenvalue weighted by molar-refractivity contribution is 5.98. The molecule has 2 aromatic carbocycles. The molecule has 0 bridgehead atoms. The highest BCUT2D eigenvalue weighted by Gasteiger charge is 2.24. The Bertz CT molecular complexity index is 960. The summed E-state index contributed by atoms with van der Waals surface area (Å²) in [6.45, 7) is 5.66. The average molecular weight is 407 g/mol. The van der Waals surface area contributed by atoms with Crippen LogP contribution in [0.25, 0.3) is 10.8 Å². The van der Waals surface area contributed by atoms with Crippen LogP contribution >= 0.6 is 0 Å². The lowest BCUT2D eigenvalue weighted by molar-refractivity contribution is -0.155. The molecule has 3 rings (SSSR count). The number of ether oxygens (including phenoxy) is 1. The van der Waals surface area contributed by atoms with Crippen molar-refractivity contribution < 1.29 is 14.3 Å². The summed E-state index contributed by atoms with van der Waals surface area (Å²) in [6.07, 6.45) is 5.22. The summed E-state index contributed by atoms with van der Waals surface area (Å²) in [6, 6.07) is 13.3. The molecule has 158 valence electrons. The first-order valence-corrected chi connectivity index (χ1v) is 10.7. The van der Waals surface area contributed by atoms with Gasteiger partial charge < -0.3 is 10.1 Å². The van der Waals surface area contributed by atoms with E-state index < -0.39 is 5.60 Å². The van der Waals surface area contributed by atoms with Gasteiger partial charge in [0, 0.05) is 18.0 Å². The number of esters is 1. The van der Waals surface area contributed by atoms with Crippen molar-refractivity contribution in [1.29, 1.82) is 5.26 Å². The fourth-order valence-corrected chi connectivity index (χ4v) is 4.04. The van der Waals surface area contributed by atoms with E-state index in [1.54, 1.807) is 6.07 Å². The molecule has 0 spiro atoms. The Morgan fingerprint density at radius 3 is 2.40 bits per heavy atom. The first kappa shape index (κ1) is 21.8.